The van der Waals surface area contributed by atoms with Crippen LogP contribution < -0.4 is 29.1 Å². The second kappa shape index (κ2) is 14.8. The van der Waals surface area contributed by atoms with Crippen molar-refractivity contribution >= 4 is 84.5 Å². The van der Waals surface area contributed by atoms with E-state index in [0.29, 0.717) is 55.5 Å². The number of carbonyl (C=O) groups is 1. The van der Waals surface area contributed by atoms with Crippen LogP contribution in [0.25, 0.3) is 6.08 Å². The summed E-state index contributed by atoms with van der Waals surface area (Å²) in [6.07, 6.45) is 1.84. The first kappa shape index (κ1) is 33.7. The van der Waals surface area contributed by atoms with Gasteiger partial charge in [-0.1, -0.05) is 57.6 Å². The number of halogens is 3. The van der Waals surface area contributed by atoms with Gasteiger partial charge < -0.3 is 18.9 Å². The summed E-state index contributed by atoms with van der Waals surface area (Å²) in [5.74, 6) is 1.16. The molecule has 0 N–H and O–H groups in total. The quantitative estimate of drug-likeness (QED) is 0.129. The summed E-state index contributed by atoms with van der Waals surface area (Å²) in [6, 6.07) is 16.7. The number of carbonyl (C=O) groups excluding carboxylic acids is 1. The van der Waals surface area contributed by atoms with Gasteiger partial charge in [0.25, 0.3) is 5.56 Å². The van der Waals surface area contributed by atoms with Crippen molar-refractivity contribution in [3.8, 4) is 17.2 Å². The maximum absolute atomic E-state index is 14.3. The van der Waals surface area contributed by atoms with E-state index in [1.54, 1.807) is 37.7 Å². The lowest BCUT2D eigenvalue weighted by atomic mass is 9.95. The third kappa shape index (κ3) is 7.18. The topological polar surface area (TPSA) is 88.4 Å². The zero-order valence-electron chi connectivity index (χ0n) is 24.9. The Kier molecular flexibility index (Phi) is 11.1. The van der Waals surface area contributed by atoms with Gasteiger partial charge in [-0.15, -0.1) is 0 Å². The summed E-state index contributed by atoms with van der Waals surface area (Å²) < 4.78 is 27.8. The summed E-state index contributed by atoms with van der Waals surface area (Å²) >= 11 is 9.45. The molecule has 0 saturated carbocycles. The van der Waals surface area contributed by atoms with Crippen LogP contribution in [0.4, 0.5) is 0 Å². The number of benzene rings is 3. The molecule has 1 aliphatic rings. The fourth-order valence-electron chi connectivity index (χ4n) is 4.98. The van der Waals surface area contributed by atoms with Crippen molar-refractivity contribution in [3.63, 3.8) is 0 Å². The number of allylic oxidation sites excluding steroid dienone is 1. The first-order valence-corrected chi connectivity index (χ1v) is 17.8. The van der Waals surface area contributed by atoms with Gasteiger partial charge in [0.2, 0.25) is 0 Å². The van der Waals surface area contributed by atoms with Crippen LogP contribution in [-0.4, -0.2) is 30.9 Å². The highest BCUT2D eigenvalue weighted by Gasteiger charge is 2.35. The predicted molar refractivity (Wildman–Crippen MR) is 195 cm³/mol. The Labute approximate surface area is 300 Å². The highest BCUT2D eigenvalue weighted by Crippen LogP contribution is 2.41. The average molecular weight is 915 g/mol. The normalized spacial score (nSPS) is 14.6. The molecular weight excluding hydrogens is 886 g/mol. The van der Waals surface area contributed by atoms with Crippen LogP contribution in [0.2, 0.25) is 0 Å². The largest absolute Gasteiger partial charge is 0.493 e. The number of aromatic nitrogens is 1. The highest BCUT2D eigenvalue weighted by molar-refractivity contribution is 14.1. The van der Waals surface area contributed by atoms with Gasteiger partial charge in [0, 0.05) is 13.6 Å². The molecule has 0 amide bonds. The van der Waals surface area contributed by atoms with Crippen molar-refractivity contribution in [3.05, 3.63) is 114 Å². The van der Waals surface area contributed by atoms with Gasteiger partial charge in [0.15, 0.2) is 16.3 Å². The molecular formula is C33H29BrI2N2O6S. The van der Waals surface area contributed by atoms with Crippen LogP contribution >= 0.6 is 72.4 Å². The Bertz CT molecular complexity index is 1970. The highest BCUT2D eigenvalue weighted by atomic mass is 127. The van der Waals surface area contributed by atoms with Crippen molar-refractivity contribution < 1.29 is 23.7 Å². The minimum absolute atomic E-state index is 0.178. The van der Waals surface area contributed by atoms with Crippen molar-refractivity contribution in [2.75, 3.05) is 20.3 Å². The fraction of sp³-hybridized carbons (Fsp3) is 0.242. The summed E-state index contributed by atoms with van der Waals surface area (Å²) in [5.41, 5.74) is 2.90. The number of esters is 1. The Balaban J connectivity index is 1.70. The summed E-state index contributed by atoms with van der Waals surface area (Å²) in [5, 5.41) is 0. The molecule has 3 aromatic carbocycles. The smallest absolute Gasteiger partial charge is 0.338 e. The number of methoxy groups -OCH3 is 1. The molecule has 5 rings (SSSR count). The Hall–Kier alpha value is -2.69. The van der Waals surface area contributed by atoms with Gasteiger partial charge in [-0.05, 0) is 107 Å². The molecule has 45 heavy (non-hydrogen) atoms. The molecule has 0 spiro atoms. The van der Waals surface area contributed by atoms with Crippen LogP contribution in [-0.2, 0) is 16.1 Å². The van der Waals surface area contributed by atoms with Crippen molar-refractivity contribution in [1.29, 1.82) is 0 Å². The van der Waals surface area contributed by atoms with Crippen molar-refractivity contribution in [2.24, 2.45) is 4.99 Å². The van der Waals surface area contributed by atoms with E-state index in [-0.39, 0.29) is 17.7 Å². The van der Waals surface area contributed by atoms with Crippen LogP contribution in [0.5, 0.6) is 17.2 Å². The number of thiazole rings is 1. The second-order valence-electron chi connectivity index (χ2n) is 9.84. The van der Waals surface area contributed by atoms with E-state index < -0.39 is 12.0 Å². The maximum Gasteiger partial charge on any atom is 0.338 e. The van der Waals surface area contributed by atoms with Crippen LogP contribution in [0.15, 0.2) is 80.1 Å². The molecule has 0 aliphatic carbocycles. The minimum atomic E-state index is -0.828. The Morgan fingerprint density at radius 2 is 1.82 bits per heavy atom. The van der Waals surface area contributed by atoms with Crippen molar-refractivity contribution in [1.82, 2.24) is 4.57 Å². The number of rotatable bonds is 10. The molecule has 8 nitrogen and oxygen atoms in total. The summed E-state index contributed by atoms with van der Waals surface area (Å²) in [4.78, 5) is 32.9. The Morgan fingerprint density at radius 3 is 2.51 bits per heavy atom. The first-order valence-electron chi connectivity index (χ1n) is 14.0. The van der Waals surface area contributed by atoms with Crippen molar-refractivity contribution in [2.45, 2.75) is 33.4 Å². The second-order valence-corrected chi connectivity index (χ2v) is 14.1. The monoisotopic (exact) mass is 914 g/mol. The van der Waals surface area contributed by atoms with Crippen LogP contribution in [0.1, 0.15) is 43.5 Å². The van der Waals surface area contributed by atoms with E-state index in [4.69, 9.17) is 23.9 Å². The van der Waals surface area contributed by atoms with Crippen LogP contribution in [0, 0.1) is 7.14 Å². The Morgan fingerprint density at radius 1 is 1.07 bits per heavy atom. The number of nitrogens with zero attached hydrogens (tertiary/aromatic N) is 2. The average Bonchev–Trinajstić information content (AvgIpc) is 3.30. The van der Waals surface area contributed by atoms with Gasteiger partial charge in [-0.2, -0.15) is 0 Å². The molecule has 0 fully saturated rings. The van der Waals surface area contributed by atoms with Gasteiger partial charge in [-0.3, -0.25) is 9.36 Å². The molecule has 12 heteroatoms. The number of fused-ring (bicyclic) bond motifs is 1. The van der Waals surface area contributed by atoms with E-state index >= 15 is 0 Å². The van der Waals surface area contributed by atoms with Gasteiger partial charge in [0.1, 0.15) is 12.4 Å². The van der Waals surface area contributed by atoms with E-state index in [0.717, 1.165) is 18.3 Å². The first-order chi connectivity index (χ1) is 21.7. The maximum atomic E-state index is 14.3. The molecule has 1 atom stereocenters. The van der Waals surface area contributed by atoms with Crippen LogP contribution in [0.3, 0.4) is 0 Å². The molecule has 0 unspecified atom stereocenters. The van der Waals surface area contributed by atoms with E-state index in [2.05, 4.69) is 61.1 Å². The number of ether oxygens (including phenoxy) is 4. The molecule has 0 saturated heterocycles. The third-order valence-corrected chi connectivity index (χ3v) is 10.0. The van der Waals surface area contributed by atoms with Gasteiger partial charge in [0.05, 0.1) is 45.7 Å². The molecule has 234 valence electrons. The van der Waals surface area contributed by atoms with Gasteiger partial charge in [-0.25, -0.2) is 9.79 Å². The van der Waals surface area contributed by atoms with E-state index in [9.17, 15) is 9.59 Å². The lowest BCUT2D eigenvalue weighted by Gasteiger charge is -2.26. The lowest BCUT2D eigenvalue weighted by Crippen LogP contribution is -2.40. The zero-order chi connectivity index (χ0) is 32.2. The standard InChI is InChI=1S/C33H29BrI2N2O6S/c1-5-42-26-16-23(34)22(15-25(26)41-4)29-28(32(40)43-6-2)18(3)37-33-38(29)31(39)27(45-33)13-20-12-21(35)14-24(36)30(20)44-17-19-10-8-7-9-11-19/h7-16,29H,5-6,17H2,1-4H3/b27-13+/t29-/m0/s1. The third-order valence-electron chi connectivity index (χ3n) is 6.94. The van der Waals surface area contributed by atoms with E-state index in [1.165, 1.54) is 11.3 Å². The number of hydrogen-bond donors (Lipinski definition) is 0. The molecule has 0 bridgehead atoms. The SMILES string of the molecule is CCOC(=O)C1=C(C)N=c2s/c(=C/c3cc(I)cc(I)c3OCc3ccccc3)c(=O)n2[C@H]1c1cc(OC)c(OCC)cc1Br. The molecule has 2 heterocycles. The molecule has 4 aromatic rings. The minimum Gasteiger partial charge on any atom is -0.493 e. The zero-order valence-corrected chi connectivity index (χ0v) is 31.6. The fourth-order valence-corrected chi connectivity index (χ4v) is 8.61. The van der Waals surface area contributed by atoms with Gasteiger partial charge >= 0.3 is 5.97 Å². The molecule has 1 aliphatic heterocycles. The lowest BCUT2D eigenvalue weighted by molar-refractivity contribution is -0.139. The summed E-state index contributed by atoms with van der Waals surface area (Å²) in [6.45, 7) is 6.39. The summed E-state index contributed by atoms with van der Waals surface area (Å²) in [7, 11) is 1.55. The predicted octanol–water partition coefficient (Wildman–Crippen LogP) is 6.76. The molecule has 0 radical (unpaired) electrons. The molecule has 1 aromatic heterocycles. The van der Waals surface area contributed by atoms with E-state index in [1.807, 2.05) is 55.5 Å². The number of hydrogen-bond acceptors (Lipinski definition) is 8.